The molecule has 3 aliphatic rings. The molecule has 4 unspecified atom stereocenters. The molecule has 0 aromatic heterocycles. The number of hydrogen-bond acceptors (Lipinski definition) is 4. The first kappa shape index (κ1) is 15.7. The van der Waals surface area contributed by atoms with Crippen molar-refractivity contribution in [1.29, 1.82) is 0 Å². The van der Waals surface area contributed by atoms with E-state index in [-0.39, 0.29) is 0 Å². The molecule has 122 valence electrons. The molecule has 0 saturated carbocycles. The number of likely N-dealkylation sites (N-methyl/N-ethyl adjacent to an activating group) is 1. The van der Waals surface area contributed by atoms with Gasteiger partial charge < -0.3 is 10.1 Å². The van der Waals surface area contributed by atoms with Crippen molar-refractivity contribution in [2.24, 2.45) is 0 Å². The quantitative estimate of drug-likeness (QED) is 0.835. The molecule has 21 heavy (non-hydrogen) atoms. The number of nitrogens with one attached hydrogen (secondary N) is 1. The largest absolute Gasteiger partial charge is 0.372 e. The molecular formula is C17H33N3O. The molecule has 0 aromatic rings. The second kappa shape index (κ2) is 7.40. The van der Waals surface area contributed by atoms with Crippen molar-refractivity contribution in [3.63, 3.8) is 0 Å². The number of fused-ring (bicyclic) bond motifs is 1. The van der Waals surface area contributed by atoms with Crippen LogP contribution in [-0.2, 0) is 4.74 Å². The minimum absolute atomic E-state index is 0.446. The lowest BCUT2D eigenvalue weighted by Crippen LogP contribution is -2.59. The summed E-state index contributed by atoms with van der Waals surface area (Å²) in [6.45, 7) is 11.6. The molecule has 0 bridgehead atoms. The number of piperazine rings is 1. The van der Waals surface area contributed by atoms with Crippen molar-refractivity contribution >= 4 is 0 Å². The van der Waals surface area contributed by atoms with Gasteiger partial charge in [-0.25, -0.2) is 0 Å². The van der Waals surface area contributed by atoms with E-state index < -0.39 is 0 Å². The monoisotopic (exact) mass is 295 g/mol. The number of ether oxygens (including phenoxy) is 1. The Morgan fingerprint density at radius 2 is 1.95 bits per heavy atom. The van der Waals surface area contributed by atoms with Crippen molar-refractivity contribution in [3.8, 4) is 0 Å². The summed E-state index contributed by atoms with van der Waals surface area (Å²) in [6.07, 6.45) is 7.61. The Hall–Kier alpha value is -0.160. The van der Waals surface area contributed by atoms with E-state index >= 15 is 0 Å². The van der Waals surface area contributed by atoms with E-state index in [1.807, 2.05) is 0 Å². The molecule has 0 radical (unpaired) electrons. The summed E-state index contributed by atoms with van der Waals surface area (Å²) in [5.41, 5.74) is 0. The first-order chi connectivity index (χ1) is 10.3. The smallest absolute Gasteiger partial charge is 0.0707 e. The molecular weight excluding hydrogens is 262 g/mol. The van der Waals surface area contributed by atoms with Gasteiger partial charge in [0.25, 0.3) is 0 Å². The normalized spacial score (nSPS) is 38.6. The van der Waals surface area contributed by atoms with E-state index in [1.54, 1.807) is 0 Å². The zero-order chi connectivity index (χ0) is 14.7. The molecule has 3 fully saturated rings. The Kier molecular flexibility index (Phi) is 5.54. The maximum Gasteiger partial charge on any atom is 0.0707 e. The fraction of sp³-hybridized carbons (Fsp3) is 1.00. The van der Waals surface area contributed by atoms with E-state index in [1.165, 1.54) is 51.7 Å². The molecule has 0 amide bonds. The van der Waals surface area contributed by atoms with Crippen LogP contribution in [0.15, 0.2) is 0 Å². The van der Waals surface area contributed by atoms with Crippen LogP contribution in [0.2, 0.25) is 0 Å². The van der Waals surface area contributed by atoms with E-state index in [0.717, 1.165) is 25.7 Å². The number of nitrogens with zero attached hydrogens (tertiary/aromatic N) is 2. The summed E-state index contributed by atoms with van der Waals surface area (Å²) < 4.78 is 6.23. The van der Waals surface area contributed by atoms with Gasteiger partial charge in [0.2, 0.25) is 0 Å². The van der Waals surface area contributed by atoms with Gasteiger partial charge in [-0.3, -0.25) is 9.80 Å². The minimum atomic E-state index is 0.446. The van der Waals surface area contributed by atoms with Gasteiger partial charge >= 0.3 is 0 Å². The molecule has 0 spiro atoms. The zero-order valence-corrected chi connectivity index (χ0v) is 13.9. The van der Waals surface area contributed by atoms with E-state index in [4.69, 9.17) is 4.74 Å². The molecule has 4 atom stereocenters. The maximum atomic E-state index is 6.23. The van der Waals surface area contributed by atoms with Gasteiger partial charge in [0, 0.05) is 38.3 Å². The fourth-order valence-electron chi connectivity index (χ4n) is 4.30. The van der Waals surface area contributed by atoms with Crippen LogP contribution in [0.25, 0.3) is 0 Å². The van der Waals surface area contributed by atoms with Crippen molar-refractivity contribution in [3.05, 3.63) is 0 Å². The van der Waals surface area contributed by atoms with Crippen molar-refractivity contribution < 1.29 is 4.74 Å². The lowest BCUT2D eigenvalue weighted by molar-refractivity contribution is -0.0266. The van der Waals surface area contributed by atoms with Crippen LogP contribution in [-0.4, -0.2) is 73.4 Å². The highest BCUT2D eigenvalue weighted by molar-refractivity contribution is 4.90. The van der Waals surface area contributed by atoms with Crippen molar-refractivity contribution in [2.45, 2.75) is 70.2 Å². The molecule has 0 aromatic carbocycles. The van der Waals surface area contributed by atoms with Gasteiger partial charge in [-0.2, -0.15) is 0 Å². The minimum Gasteiger partial charge on any atom is -0.372 e. The van der Waals surface area contributed by atoms with Crippen LogP contribution in [0.4, 0.5) is 0 Å². The van der Waals surface area contributed by atoms with Crippen LogP contribution in [0.3, 0.4) is 0 Å². The number of rotatable bonds is 5. The first-order valence-electron chi connectivity index (χ1n) is 9.10. The Morgan fingerprint density at radius 3 is 2.81 bits per heavy atom. The SMILES string of the molecule is CCNCC1CCC(CN2CC3CCCCN3CC2C)O1. The Bertz CT molecular complexity index is 325. The maximum absolute atomic E-state index is 6.23. The average Bonchev–Trinajstić information content (AvgIpc) is 2.93. The van der Waals surface area contributed by atoms with E-state index in [2.05, 4.69) is 29.0 Å². The highest BCUT2D eigenvalue weighted by atomic mass is 16.5. The van der Waals surface area contributed by atoms with Crippen LogP contribution in [0.1, 0.15) is 46.0 Å². The third kappa shape index (κ3) is 3.98. The van der Waals surface area contributed by atoms with E-state index in [9.17, 15) is 0 Å². The van der Waals surface area contributed by atoms with Crippen LogP contribution < -0.4 is 5.32 Å². The molecule has 1 N–H and O–H groups in total. The second-order valence-corrected chi connectivity index (χ2v) is 7.21. The number of hydrogen-bond donors (Lipinski definition) is 1. The lowest BCUT2D eigenvalue weighted by Gasteiger charge is -2.48. The van der Waals surface area contributed by atoms with Crippen LogP contribution in [0.5, 0.6) is 0 Å². The Labute approximate surface area is 130 Å². The van der Waals surface area contributed by atoms with Gasteiger partial charge in [-0.05, 0) is 45.7 Å². The summed E-state index contributed by atoms with van der Waals surface area (Å²) in [7, 11) is 0. The number of piperidine rings is 1. The third-order valence-corrected chi connectivity index (χ3v) is 5.57. The van der Waals surface area contributed by atoms with Gasteiger partial charge in [-0.1, -0.05) is 13.3 Å². The Balaban J connectivity index is 1.46. The third-order valence-electron chi connectivity index (χ3n) is 5.57. The van der Waals surface area contributed by atoms with E-state index in [0.29, 0.717) is 18.2 Å². The van der Waals surface area contributed by atoms with Crippen LogP contribution in [0, 0.1) is 0 Å². The fourth-order valence-corrected chi connectivity index (χ4v) is 4.30. The second-order valence-electron chi connectivity index (χ2n) is 7.21. The molecule has 3 heterocycles. The predicted molar refractivity (Wildman–Crippen MR) is 86.7 cm³/mol. The van der Waals surface area contributed by atoms with Gasteiger partial charge in [-0.15, -0.1) is 0 Å². The average molecular weight is 295 g/mol. The van der Waals surface area contributed by atoms with Gasteiger partial charge in [0.1, 0.15) is 0 Å². The van der Waals surface area contributed by atoms with Gasteiger partial charge in [0.05, 0.1) is 12.2 Å². The van der Waals surface area contributed by atoms with Crippen molar-refractivity contribution in [1.82, 2.24) is 15.1 Å². The zero-order valence-electron chi connectivity index (χ0n) is 13.9. The standard InChI is InChI=1S/C17H33N3O/c1-3-18-10-16-7-8-17(21-16)13-20-12-15-6-4-5-9-19(15)11-14(20)2/h14-18H,3-13H2,1-2H3. The summed E-state index contributed by atoms with van der Waals surface area (Å²) in [5, 5.41) is 3.42. The van der Waals surface area contributed by atoms with Crippen LogP contribution >= 0.6 is 0 Å². The summed E-state index contributed by atoms with van der Waals surface area (Å²) in [4.78, 5) is 5.43. The summed E-state index contributed by atoms with van der Waals surface area (Å²) >= 11 is 0. The van der Waals surface area contributed by atoms with Gasteiger partial charge in [0.15, 0.2) is 0 Å². The summed E-state index contributed by atoms with van der Waals surface area (Å²) in [5.74, 6) is 0. The molecule has 0 aliphatic carbocycles. The predicted octanol–water partition coefficient (Wildman–Crippen LogP) is 1.70. The molecule has 3 aliphatic heterocycles. The highest BCUT2D eigenvalue weighted by Crippen LogP contribution is 2.26. The lowest BCUT2D eigenvalue weighted by atomic mass is 9.97. The highest BCUT2D eigenvalue weighted by Gasteiger charge is 2.35. The van der Waals surface area contributed by atoms with Crippen molar-refractivity contribution in [2.75, 3.05) is 39.3 Å². The molecule has 4 nitrogen and oxygen atoms in total. The molecule has 3 rings (SSSR count). The first-order valence-corrected chi connectivity index (χ1v) is 9.10. The topological polar surface area (TPSA) is 27.7 Å². The summed E-state index contributed by atoms with van der Waals surface area (Å²) in [6, 6.07) is 1.50. The molecule has 4 heteroatoms. The molecule has 3 saturated heterocycles. The Morgan fingerprint density at radius 1 is 1.10 bits per heavy atom.